The van der Waals surface area contributed by atoms with Gasteiger partial charge >= 0.3 is 0 Å². The van der Waals surface area contributed by atoms with Crippen molar-refractivity contribution in [3.05, 3.63) is 11.8 Å². The van der Waals surface area contributed by atoms with Crippen LogP contribution in [-0.2, 0) is 0 Å². The molecule has 1 heterocycles. The second-order valence-corrected chi connectivity index (χ2v) is 5.28. The van der Waals surface area contributed by atoms with Gasteiger partial charge in [0.05, 0.1) is 6.04 Å². The van der Waals surface area contributed by atoms with Crippen molar-refractivity contribution < 1.29 is 4.42 Å². The van der Waals surface area contributed by atoms with Gasteiger partial charge in [-0.05, 0) is 37.6 Å². The SMILES string of the molecule is CCNC(CC)c1nnc(C2C3CCCC32)o1. The van der Waals surface area contributed by atoms with E-state index in [4.69, 9.17) is 4.42 Å². The zero-order chi connectivity index (χ0) is 11.8. The number of fused-ring (bicyclic) bond motifs is 1. The standard InChI is InChI=1S/C13H21N3O/c1-3-10(14-4-2)12-15-16-13(17-12)11-8-6-5-7-9(8)11/h8-11,14H,3-7H2,1-2H3. The van der Waals surface area contributed by atoms with Gasteiger partial charge in [0.1, 0.15) is 0 Å². The van der Waals surface area contributed by atoms with E-state index in [0.29, 0.717) is 5.92 Å². The highest BCUT2D eigenvalue weighted by molar-refractivity contribution is 5.15. The van der Waals surface area contributed by atoms with Crippen LogP contribution >= 0.6 is 0 Å². The van der Waals surface area contributed by atoms with Crippen LogP contribution in [-0.4, -0.2) is 16.7 Å². The molecule has 2 saturated carbocycles. The van der Waals surface area contributed by atoms with E-state index in [9.17, 15) is 0 Å². The fraction of sp³-hybridized carbons (Fsp3) is 0.846. The maximum absolute atomic E-state index is 5.86. The van der Waals surface area contributed by atoms with Crippen molar-refractivity contribution in [1.82, 2.24) is 15.5 Å². The molecule has 2 aliphatic rings. The van der Waals surface area contributed by atoms with Gasteiger partial charge in [0, 0.05) is 5.92 Å². The molecule has 1 aromatic rings. The lowest BCUT2D eigenvalue weighted by Crippen LogP contribution is -2.20. The Morgan fingerprint density at radius 2 is 2.06 bits per heavy atom. The Morgan fingerprint density at radius 1 is 1.29 bits per heavy atom. The Kier molecular flexibility index (Phi) is 2.90. The molecule has 3 unspecified atom stereocenters. The van der Waals surface area contributed by atoms with Crippen LogP contribution in [0, 0.1) is 11.8 Å². The first kappa shape index (κ1) is 11.2. The topological polar surface area (TPSA) is 51.0 Å². The summed E-state index contributed by atoms with van der Waals surface area (Å²) in [6.07, 6.45) is 5.10. The normalized spacial score (nSPS) is 32.5. The van der Waals surface area contributed by atoms with Crippen LogP contribution in [0.1, 0.15) is 63.3 Å². The minimum atomic E-state index is 0.222. The van der Waals surface area contributed by atoms with E-state index in [1.54, 1.807) is 0 Å². The molecule has 2 aliphatic carbocycles. The molecule has 3 rings (SSSR count). The van der Waals surface area contributed by atoms with Gasteiger partial charge in [-0.25, -0.2) is 0 Å². The summed E-state index contributed by atoms with van der Waals surface area (Å²) in [5.74, 6) is 3.95. The summed E-state index contributed by atoms with van der Waals surface area (Å²) in [6.45, 7) is 5.18. The second-order valence-electron chi connectivity index (χ2n) is 5.28. The van der Waals surface area contributed by atoms with Crippen LogP contribution in [0.3, 0.4) is 0 Å². The van der Waals surface area contributed by atoms with Gasteiger partial charge in [-0.2, -0.15) is 0 Å². The maximum atomic E-state index is 5.86. The predicted molar refractivity (Wildman–Crippen MR) is 64.6 cm³/mol. The average Bonchev–Trinajstić information content (AvgIpc) is 2.79. The largest absolute Gasteiger partial charge is 0.423 e. The summed E-state index contributed by atoms with van der Waals surface area (Å²) >= 11 is 0. The summed E-state index contributed by atoms with van der Waals surface area (Å²) in [6, 6.07) is 0.222. The van der Waals surface area contributed by atoms with Crippen molar-refractivity contribution >= 4 is 0 Å². The minimum absolute atomic E-state index is 0.222. The molecule has 0 aromatic carbocycles. The number of aromatic nitrogens is 2. The van der Waals surface area contributed by atoms with Gasteiger partial charge in [-0.1, -0.05) is 20.3 Å². The highest BCUT2D eigenvalue weighted by atomic mass is 16.4. The highest BCUT2D eigenvalue weighted by Crippen LogP contribution is 2.62. The zero-order valence-electron chi connectivity index (χ0n) is 10.6. The smallest absolute Gasteiger partial charge is 0.233 e. The van der Waals surface area contributed by atoms with Crippen molar-refractivity contribution in [2.24, 2.45) is 11.8 Å². The van der Waals surface area contributed by atoms with E-state index >= 15 is 0 Å². The molecular formula is C13H21N3O. The van der Waals surface area contributed by atoms with Gasteiger partial charge in [-0.15, -0.1) is 10.2 Å². The van der Waals surface area contributed by atoms with Crippen molar-refractivity contribution in [3.8, 4) is 0 Å². The van der Waals surface area contributed by atoms with Gasteiger partial charge in [0.25, 0.3) is 0 Å². The summed E-state index contributed by atoms with van der Waals surface area (Å²) in [5, 5.41) is 11.8. The van der Waals surface area contributed by atoms with Crippen molar-refractivity contribution in [2.75, 3.05) is 6.54 Å². The molecule has 3 atom stereocenters. The van der Waals surface area contributed by atoms with Crippen LogP contribution in [0.15, 0.2) is 4.42 Å². The first-order valence-electron chi connectivity index (χ1n) is 6.91. The van der Waals surface area contributed by atoms with Crippen LogP contribution in [0.25, 0.3) is 0 Å². The molecule has 4 nitrogen and oxygen atoms in total. The zero-order valence-corrected chi connectivity index (χ0v) is 10.6. The Bertz CT molecular complexity index is 363. The third kappa shape index (κ3) is 1.88. The number of hydrogen-bond acceptors (Lipinski definition) is 4. The van der Waals surface area contributed by atoms with E-state index in [1.807, 2.05) is 0 Å². The number of nitrogens with one attached hydrogen (secondary N) is 1. The Hall–Kier alpha value is -0.900. The molecule has 0 saturated heterocycles. The fourth-order valence-corrected chi connectivity index (χ4v) is 3.36. The Labute approximate surface area is 102 Å². The van der Waals surface area contributed by atoms with Gasteiger partial charge < -0.3 is 9.73 Å². The van der Waals surface area contributed by atoms with Crippen LogP contribution in [0.2, 0.25) is 0 Å². The van der Waals surface area contributed by atoms with Gasteiger partial charge in [-0.3, -0.25) is 0 Å². The Morgan fingerprint density at radius 3 is 2.71 bits per heavy atom. The molecule has 0 amide bonds. The summed E-state index contributed by atoms with van der Waals surface area (Å²) in [7, 11) is 0. The number of hydrogen-bond donors (Lipinski definition) is 1. The number of rotatable bonds is 5. The van der Waals surface area contributed by atoms with Crippen LogP contribution < -0.4 is 5.32 Å². The fourth-order valence-electron chi connectivity index (χ4n) is 3.36. The molecule has 94 valence electrons. The summed E-state index contributed by atoms with van der Waals surface area (Å²) in [4.78, 5) is 0. The first-order chi connectivity index (χ1) is 8.35. The Balaban J connectivity index is 1.70. The lowest BCUT2D eigenvalue weighted by molar-refractivity contribution is 0.370. The molecule has 1 N–H and O–H groups in total. The molecule has 1 aromatic heterocycles. The van der Waals surface area contributed by atoms with Gasteiger partial charge in [0.2, 0.25) is 11.8 Å². The molecule has 0 aliphatic heterocycles. The molecular weight excluding hydrogens is 214 g/mol. The van der Waals surface area contributed by atoms with E-state index in [1.165, 1.54) is 19.3 Å². The van der Waals surface area contributed by atoms with Gasteiger partial charge in [0.15, 0.2) is 0 Å². The van der Waals surface area contributed by atoms with Crippen LogP contribution in [0.4, 0.5) is 0 Å². The third-order valence-corrected chi connectivity index (χ3v) is 4.30. The predicted octanol–water partition coefficient (Wildman–Crippen LogP) is 2.64. The first-order valence-corrected chi connectivity index (χ1v) is 6.91. The molecule has 0 bridgehead atoms. The summed E-state index contributed by atoms with van der Waals surface area (Å²) < 4.78 is 5.86. The van der Waals surface area contributed by atoms with E-state index in [0.717, 1.165) is 36.6 Å². The summed E-state index contributed by atoms with van der Waals surface area (Å²) in [5.41, 5.74) is 0. The maximum Gasteiger partial charge on any atom is 0.233 e. The second kappa shape index (κ2) is 4.41. The monoisotopic (exact) mass is 235 g/mol. The van der Waals surface area contributed by atoms with Crippen molar-refractivity contribution in [2.45, 2.75) is 51.5 Å². The average molecular weight is 235 g/mol. The van der Waals surface area contributed by atoms with Crippen molar-refractivity contribution in [3.63, 3.8) is 0 Å². The molecule has 17 heavy (non-hydrogen) atoms. The van der Waals surface area contributed by atoms with E-state index in [-0.39, 0.29) is 6.04 Å². The van der Waals surface area contributed by atoms with E-state index in [2.05, 4.69) is 29.4 Å². The highest BCUT2D eigenvalue weighted by Gasteiger charge is 2.56. The van der Waals surface area contributed by atoms with E-state index < -0.39 is 0 Å². The van der Waals surface area contributed by atoms with Crippen molar-refractivity contribution in [1.29, 1.82) is 0 Å². The third-order valence-electron chi connectivity index (χ3n) is 4.30. The number of nitrogens with zero attached hydrogens (tertiary/aromatic N) is 2. The van der Waals surface area contributed by atoms with Crippen LogP contribution in [0.5, 0.6) is 0 Å². The molecule has 2 fully saturated rings. The quantitative estimate of drug-likeness (QED) is 0.852. The lowest BCUT2D eigenvalue weighted by Gasteiger charge is -2.10. The lowest BCUT2D eigenvalue weighted by atomic mass is 10.1. The molecule has 4 heteroatoms. The molecule has 0 spiro atoms. The molecule has 0 radical (unpaired) electrons. The minimum Gasteiger partial charge on any atom is -0.423 e.